The van der Waals surface area contributed by atoms with Gasteiger partial charge in [0.25, 0.3) is 0 Å². The van der Waals surface area contributed by atoms with Crippen LogP contribution >= 0.6 is 0 Å². The molecule has 0 saturated carbocycles. The van der Waals surface area contributed by atoms with Crippen LogP contribution in [0.25, 0.3) is 22.4 Å². The number of benzene rings is 2. The SMILES string of the molecule is O=c1cc(-c2ccccc2)cc(-c2ccccc2F)[nH]1. The van der Waals surface area contributed by atoms with Crippen molar-refractivity contribution < 1.29 is 4.39 Å². The average Bonchev–Trinajstić information content (AvgIpc) is 2.48. The Bertz CT molecular complexity index is 793. The van der Waals surface area contributed by atoms with Crippen molar-refractivity contribution >= 4 is 0 Å². The van der Waals surface area contributed by atoms with Gasteiger partial charge in [-0.05, 0) is 29.3 Å². The van der Waals surface area contributed by atoms with Crippen molar-refractivity contribution in [2.24, 2.45) is 0 Å². The highest BCUT2D eigenvalue weighted by Gasteiger charge is 2.07. The van der Waals surface area contributed by atoms with E-state index in [2.05, 4.69) is 4.98 Å². The Morgan fingerprint density at radius 1 is 0.800 bits per heavy atom. The Balaban J connectivity index is 2.18. The summed E-state index contributed by atoms with van der Waals surface area (Å²) in [7, 11) is 0. The number of nitrogens with one attached hydrogen (secondary N) is 1. The monoisotopic (exact) mass is 265 g/mol. The number of rotatable bonds is 2. The molecule has 0 saturated heterocycles. The van der Waals surface area contributed by atoms with Gasteiger partial charge in [0, 0.05) is 11.6 Å². The van der Waals surface area contributed by atoms with Crippen LogP contribution in [-0.2, 0) is 0 Å². The van der Waals surface area contributed by atoms with E-state index < -0.39 is 0 Å². The Morgan fingerprint density at radius 2 is 1.50 bits per heavy atom. The van der Waals surface area contributed by atoms with E-state index in [4.69, 9.17) is 0 Å². The highest BCUT2D eigenvalue weighted by atomic mass is 19.1. The maximum atomic E-state index is 13.8. The van der Waals surface area contributed by atoms with Crippen molar-refractivity contribution in [1.82, 2.24) is 4.98 Å². The maximum Gasteiger partial charge on any atom is 0.249 e. The number of H-pyrrole nitrogens is 1. The van der Waals surface area contributed by atoms with Gasteiger partial charge in [-0.3, -0.25) is 4.79 Å². The molecule has 3 rings (SSSR count). The van der Waals surface area contributed by atoms with Gasteiger partial charge in [-0.25, -0.2) is 4.39 Å². The zero-order valence-electron chi connectivity index (χ0n) is 10.6. The fourth-order valence-electron chi connectivity index (χ4n) is 2.17. The van der Waals surface area contributed by atoms with Gasteiger partial charge in [-0.1, -0.05) is 42.5 Å². The van der Waals surface area contributed by atoms with Gasteiger partial charge in [0.15, 0.2) is 0 Å². The van der Waals surface area contributed by atoms with Crippen molar-refractivity contribution in [3.8, 4) is 22.4 Å². The van der Waals surface area contributed by atoms with Crippen molar-refractivity contribution in [2.45, 2.75) is 0 Å². The Labute approximate surface area is 115 Å². The summed E-state index contributed by atoms with van der Waals surface area (Å²) in [6.07, 6.45) is 0. The van der Waals surface area contributed by atoms with Crippen molar-refractivity contribution in [2.75, 3.05) is 0 Å². The lowest BCUT2D eigenvalue weighted by molar-refractivity contribution is 0.630. The second-order valence-electron chi connectivity index (χ2n) is 4.49. The molecule has 0 unspecified atom stereocenters. The van der Waals surface area contributed by atoms with Gasteiger partial charge in [0.2, 0.25) is 5.56 Å². The molecule has 0 fully saturated rings. The molecular weight excluding hydrogens is 253 g/mol. The normalized spacial score (nSPS) is 10.4. The number of halogens is 1. The highest BCUT2D eigenvalue weighted by Crippen LogP contribution is 2.24. The Hall–Kier alpha value is -2.68. The summed E-state index contributed by atoms with van der Waals surface area (Å²) in [5.41, 5.74) is 2.32. The first-order chi connectivity index (χ1) is 9.74. The first kappa shape index (κ1) is 12.4. The lowest BCUT2D eigenvalue weighted by Crippen LogP contribution is -2.06. The summed E-state index contributed by atoms with van der Waals surface area (Å²) in [6.45, 7) is 0. The second-order valence-corrected chi connectivity index (χ2v) is 4.49. The van der Waals surface area contributed by atoms with Crippen LogP contribution in [0.5, 0.6) is 0 Å². The third kappa shape index (κ3) is 2.38. The fraction of sp³-hybridized carbons (Fsp3) is 0. The molecule has 2 nitrogen and oxygen atoms in total. The molecule has 0 spiro atoms. The second kappa shape index (κ2) is 5.13. The van der Waals surface area contributed by atoms with Crippen LogP contribution in [-0.4, -0.2) is 4.98 Å². The molecule has 0 aliphatic heterocycles. The summed E-state index contributed by atoms with van der Waals surface area (Å²) < 4.78 is 13.8. The molecule has 2 aromatic carbocycles. The summed E-state index contributed by atoms with van der Waals surface area (Å²) >= 11 is 0. The van der Waals surface area contributed by atoms with E-state index in [1.54, 1.807) is 24.3 Å². The van der Waals surface area contributed by atoms with Gasteiger partial charge < -0.3 is 4.98 Å². The third-order valence-electron chi connectivity index (χ3n) is 3.12. The standard InChI is InChI=1S/C17H12FNO/c18-15-9-5-4-8-14(15)16-10-13(11-17(20)19-16)12-6-2-1-3-7-12/h1-11H,(H,19,20). The van der Waals surface area contributed by atoms with Crippen LogP contribution in [0.3, 0.4) is 0 Å². The minimum atomic E-state index is -0.353. The van der Waals surface area contributed by atoms with E-state index in [0.717, 1.165) is 11.1 Å². The maximum absolute atomic E-state index is 13.8. The third-order valence-corrected chi connectivity index (χ3v) is 3.12. The van der Waals surface area contributed by atoms with E-state index in [1.165, 1.54) is 12.1 Å². The van der Waals surface area contributed by atoms with E-state index in [0.29, 0.717) is 11.3 Å². The first-order valence-corrected chi connectivity index (χ1v) is 6.29. The molecule has 20 heavy (non-hydrogen) atoms. The molecule has 0 amide bonds. The molecule has 3 aromatic rings. The summed E-state index contributed by atoms with van der Waals surface area (Å²) in [4.78, 5) is 14.5. The van der Waals surface area contributed by atoms with Crippen LogP contribution in [0.4, 0.5) is 4.39 Å². The van der Waals surface area contributed by atoms with Crippen molar-refractivity contribution in [3.05, 3.63) is 82.9 Å². The topological polar surface area (TPSA) is 32.9 Å². The molecule has 0 aliphatic rings. The quantitative estimate of drug-likeness (QED) is 0.750. The zero-order valence-corrected chi connectivity index (χ0v) is 10.6. The van der Waals surface area contributed by atoms with Gasteiger partial charge in [0.05, 0.1) is 5.69 Å². The molecule has 0 bridgehead atoms. The molecule has 0 aliphatic carbocycles. The summed E-state index contributed by atoms with van der Waals surface area (Å²) in [5, 5.41) is 0. The minimum Gasteiger partial charge on any atom is -0.322 e. The molecule has 0 atom stereocenters. The molecule has 1 heterocycles. The first-order valence-electron chi connectivity index (χ1n) is 6.29. The molecule has 1 N–H and O–H groups in total. The lowest BCUT2D eigenvalue weighted by Gasteiger charge is -2.06. The number of aromatic amines is 1. The van der Waals surface area contributed by atoms with Gasteiger partial charge in [-0.15, -0.1) is 0 Å². The summed E-state index contributed by atoms with van der Waals surface area (Å²) in [6, 6.07) is 19.2. The van der Waals surface area contributed by atoms with Crippen LogP contribution in [0.2, 0.25) is 0 Å². The molecule has 98 valence electrons. The number of hydrogen-bond donors (Lipinski definition) is 1. The Morgan fingerprint density at radius 3 is 2.25 bits per heavy atom. The molecule has 3 heteroatoms. The van der Waals surface area contributed by atoms with Gasteiger partial charge in [0.1, 0.15) is 5.82 Å². The predicted octanol–water partition coefficient (Wildman–Crippen LogP) is 3.85. The fourth-order valence-corrected chi connectivity index (χ4v) is 2.17. The average molecular weight is 265 g/mol. The highest BCUT2D eigenvalue weighted by molar-refractivity contribution is 5.70. The number of pyridine rings is 1. The Kier molecular flexibility index (Phi) is 3.17. The minimum absolute atomic E-state index is 0.246. The zero-order chi connectivity index (χ0) is 13.9. The van der Waals surface area contributed by atoms with Crippen LogP contribution in [0, 0.1) is 5.82 Å². The van der Waals surface area contributed by atoms with Gasteiger partial charge in [-0.2, -0.15) is 0 Å². The molecule has 1 aromatic heterocycles. The predicted molar refractivity (Wildman–Crippen MR) is 77.9 cm³/mol. The van der Waals surface area contributed by atoms with Crippen molar-refractivity contribution in [3.63, 3.8) is 0 Å². The lowest BCUT2D eigenvalue weighted by atomic mass is 10.0. The van der Waals surface area contributed by atoms with E-state index in [9.17, 15) is 9.18 Å². The van der Waals surface area contributed by atoms with Crippen LogP contribution in [0.15, 0.2) is 71.5 Å². The molecular formula is C17H12FNO. The van der Waals surface area contributed by atoms with Crippen LogP contribution in [0.1, 0.15) is 0 Å². The van der Waals surface area contributed by atoms with Crippen LogP contribution < -0.4 is 5.56 Å². The number of hydrogen-bond acceptors (Lipinski definition) is 1. The van der Waals surface area contributed by atoms with Gasteiger partial charge >= 0.3 is 0 Å². The van der Waals surface area contributed by atoms with E-state index in [-0.39, 0.29) is 11.4 Å². The van der Waals surface area contributed by atoms with E-state index >= 15 is 0 Å². The number of aromatic nitrogens is 1. The van der Waals surface area contributed by atoms with E-state index in [1.807, 2.05) is 30.3 Å². The summed E-state index contributed by atoms with van der Waals surface area (Å²) in [5.74, 6) is -0.353. The molecule has 0 radical (unpaired) electrons. The largest absolute Gasteiger partial charge is 0.322 e. The smallest absolute Gasteiger partial charge is 0.249 e. The van der Waals surface area contributed by atoms with Crippen molar-refractivity contribution in [1.29, 1.82) is 0 Å².